The van der Waals surface area contributed by atoms with E-state index in [-0.39, 0.29) is 12.4 Å². The van der Waals surface area contributed by atoms with Crippen LogP contribution >= 0.6 is 23.2 Å². The number of carbonyl (C=O) groups excluding carboxylic acids is 1. The molecule has 2 aromatic carbocycles. The highest BCUT2D eigenvalue weighted by Gasteiger charge is 2.26. The Morgan fingerprint density at radius 1 is 1.15 bits per heavy atom. The zero-order valence-corrected chi connectivity index (χ0v) is 16.1. The Balaban J connectivity index is 1.77. The normalized spacial score (nSPS) is 13.0. The van der Waals surface area contributed by atoms with E-state index < -0.39 is 11.6 Å². The van der Waals surface area contributed by atoms with E-state index in [1.165, 1.54) is 0 Å². The summed E-state index contributed by atoms with van der Waals surface area (Å²) in [4.78, 5) is 16.5. The van der Waals surface area contributed by atoms with Crippen molar-refractivity contribution in [3.05, 3.63) is 83.4 Å². The zero-order chi connectivity index (χ0) is 19.2. The van der Waals surface area contributed by atoms with Crippen LogP contribution in [0.15, 0.2) is 67.3 Å². The number of hydrogen-bond donors (Lipinski definition) is 0. The van der Waals surface area contributed by atoms with Gasteiger partial charge in [0.15, 0.2) is 6.10 Å². The molecule has 0 bridgehead atoms. The van der Waals surface area contributed by atoms with E-state index >= 15 is 0 Å². The highest BCUT2D eigenvalue weighted by molar-refractivity contribution is 6.30. The molecule has 0 fully saturated rings. The van der Waals surface area contributed by atoms with Crippen molar-refractivity contribution in [3.8, 4) is 5.75 Å². The molecule has 0 amide bonds. The molecule has 2 atom stereocenters. The van der Waals surface area contributed by atoms with Gasteiger partial charge in [-0.1, -0.05) is 47.5 Å². The second-order valence-electron chi connectivity index (χ2n) is 5.87. The van der Waals surface area contributed by atoms with Crippen LogP contribution in [0.3, 0.4) is 0 Å². The maximum Gasteiger partial charge on any atom is 0.310 e. The number of rotatable bonds is 7. The fourth-order valence-electron chi connectivity index (χ4n) is 2.60. The maximum absolute atomic E-state index is 12.5. The largest absolute Gasteiger partial charge is 0.497 e. The lowest BCUT2D eigenvalue weighted by atomic mass is 10.1. The topological polar surface area (TPSA) is 53.4 Å². The van der Waals surface area contributed by atoms with Crippen molar-refractivity contribution in [3.63, 3.8) is 0 Å². The van der Waals surface area contributed by atoms with Crippen molar-refractivity contribution in [2.24, 2.45) is 0 Å². The SMILES string of the molecule is COc1ccc(CC(=O)OC(c2ccc(Cl)cc2)C(Cl)n2ccnc2)cc1. The summed E-state index contributed by atoms with van der Waals surface area (Å²) in [5.41, 5.74) is 0.925. The summed E-state index contributed by atoms with van der Waals surface area (Å²) in [7, 11) is 1.59. The molecule has 27 heavy (non-hydrogen) atoms. The van der Waals surface area contributed by atoms with Crippen LogP contribution in [0.4, 0.5) is 0 Å². The fourth-order valence-corrected chi connectivity index (χ4v) is 3.04. The van der Waals surface area contributed by atoms with E-state index in [0.29, 0.717) is 5.02 Å². The molecule has 0 aliphatic rings. The number of methoxy groups -OCH3 is 1. The van der Waals surface area contributed by atoms with Gasteiger partial charge in [0.2, 0.25) is 0 Å². The van der Waals surface area contributed by atoms with E-state index in [0.717, 1.165) is 16.9 Å². The molecule has 0 radical (unpaired) electrons. The van der Waals surface area contributed by atoms with Crippen LogP contribution < -0.4 is 4.74 Å². The zero-order valence-electron chi connectivity index (χ0n) is 14.6. The Kier molecular flexibility index (Phi) is 6.37. The Morgan fingerprint density at radius 2 is 1.85 bits per heavy atom. The van der Waals surface area contributed by atoms with Crippen molar-refractivity contribution < 1.29 is 14.3 Å². The minimum absolute atomic E-state index is 0.127. The predicted molar refractivity (Wildman–Crippen MR) is 104 cm³/mol. The standard InChI is InChI=1S/C20H18Cl2N2O3/c1-26-17-8-2-14(3-9-17)12-18(25)27-19(15-4-6-16(21)7-5-15)20(22)24-11-10-23-13-24/h2-11,13,19-20H,12H2,1H3. The van der Waals surface area contributed by atoms with Gasteiger partial charge in [-0.25, -0.2) is 4.98 Å². The van der Waals surface area contributed by atoms with E-state index in [2.05, 4.69) is 4.98 Å². The monoisotopic (exact) mass is 404 g/mol. The number of esters is 1. The lowest BCUT2D eigenvalue weighted by molar-refractivity contribution is -0.149. The number of ether oxygens (including phenoxy) is 2. The molecule has 0 aliphatic carbocycles. The number of alkyl halides is 1. The third-order valence-electron chi connectivity index (χ3n) is 4.02. The molecule has 3 aromatic rings. The van der Waals surface area contributed by atoms with E-state index in [1.807, 2.05) is 12.1 Å². The van der Waals surface area contributed by atoms with Crippen LogP contribution in [0.2, 0.25) is 5.02 Å². The van der Waals surface area contributed by atoms with Crippen molar-refractivity contribution in [2.75, 3.05) is 7.11 Å². The van der Waals surface area contributed by atoms with Crippen LogP contribution in [0.25, 0.3) is 0 Å². The molecule has 5 nitrogen and oxygen atoms in total. The average molecular weight is 405 g/mol. The second kappa shape index (κ2) is 8.93. The van der Waals surface area contributed by atoms with Gasteiger partial charge in [0.1, 0.15) is 11.3 Å². The highest BCUT2D eigenvalue weighted by atomic mass is 35.5. The molecular weight excluding hydrogens is 387 g/mol. The molecule has 2 unspecified atom stereocenters. The molecule has 0 N–H and O–H groups in total. The third kappa shape index (κ3) is 5.02. The van der Waals surface area contributed by atoms with Gasteiger partial charge in [0.25, 0.3) is 0 Å². The summed E-state index contributed by atoms with van der Waals surface area (Å²) in [5, 5.41) is 0.593. The summed E-state index contributed by atoms with van der Waals surface area (Å²) >= 11 is 12.5. The lowest BCUT2D eigenvalue weighted by Gasteiger charge is -2.24. The molecule has 1 aromatic heterocycles. The molecule has 3 rings (SSSR count). The number of imidazole rings is 1. The maximum atomic E-state index is 12.5. The van der Waals surface area contributed by atoms with Gasteiger partial charge < -0.3 is 14.0 Å². The Morgan fingerprint density at radius 3 is 2.44 bits per heavy atom. The van der Waals surface area contributed by atoms with Crippen LogP contribution in [-0.2, 0) is 16.0 Å². The number of nitrogens with zero attached hydrogens (tertiary/aromatic N) is 2. The lowest BCUT2D eigenvalue weighted by Crippen LogP contribution is -2.20. The molecule has 0 saturated carbocycles. The second-order valence-corrected chi connectivity index (χ2v) is 6.75. The molecular formula is C20H18Cl2N2O3. The number of hydrogen-bond acceptors (Lipinski definition) is 4. The number of carbonyl (C=O) groups is 1. The van der Waals surface area contributed by atoms with Gasteiger partial charge in [0, 0.05) is 17.4 Å². The fraction of sp³-hybridized carbons (Fsp3) is 0.200. The van der Waals surface area contributed by atoms with Crippen LogP contribution in [0.5, 0.6) is 5.75 Å². The highest BCUT2D eigenvalue weighted by Crippen LogP contribution is 2.34. The molecule has 140 valence electrons. The summed E-state index contributed by atoms with van der Waals surface area (Å²) in [6.07, 6.45) is 4.36. The number of benzene rings is 2. The van der Waals surface area contributed by atoms with Gasteiger partial charge >= 0.3 is 5.97 Å². The quantitative estimate of drug-likeness (QED) is 0.418. The molecule has 0 saturated heterocycles. The number of halogens is 2. The Hall–Kier alpha value is -2.50. The molecule has 0 spiro atoms. The van der Waals surface area contributed by atoms with E-state index in [9.17, 15) is 4.79 Å². The first kappa shape index (κ1) is 19.3. The first-order valence-electron chi connectivity index (χ1n) is 8.26. The van der Waals surface area contributed by atoms with Gasteiger partial charge in [-0.2, -0.15) is 0 Å². The van der Waals surface area contributed by atoms with Gasteiger partial charge in [-0.3, -0.25) is 4.79 Å². The van der Waals surface area contributed by atoms with Crippen molar-refractivity contribution in [1.29, 1.82) is 0 Å². The predicted octanol–water partition coefficient (Wildman–Crippen LogP) is 4.81. The first-order valence-corrected chi connectivity index (χ1v) is 9.07. The Labute approximate surface area is 167 Å². The number of aromatic nitrogens is 2. The molecule has 7 heteroatoms. The van der Waals surface area contributed by atoms with Crippen LogP contribution in [0, 0.1) is 0 Å². The van der Waals surface area contributed by atoms with Gasteiger partial charge in [-0.05, 0) is 35.4 Å². The molecule has 0 aliphatic heterocycles. The average Bonchev–Trinajstić information content (AvgIpc) is 3.22. The van der Waals surface area contributed by atoms with E-state index in [4.69, 9.17) is 32.7 Å². The smallest absolute Gasteiger partial charge is 0.310 e. The summed E-state index contributed by atoms with van der Waals surface area (Å²) in [5.74, 6) is 0.345. The van der Waals surface area contributed by atoms with Crippen LogP contribution in [0.1, 0.15) is 22.7 Å². The van der Waals surface area contributed by atoms with Crippen molar-refractivity contribution in [1.82, 2.24) is 9.55 Å². The minimum Gasteiger partial charge on any atom is -0.497 e. The van der Waals surface area contributed by atoms with Crippen LogP contribution in [-0.4, -0.2) is 22.6 Å². The summed E-state index contributed by atoms with van der Waals surface area (Å²) in [6.45, 7) is 0. The minimum atomic E-state index is -0.691. The van der Waals surface area contributed by atoms with E-state index in [1.54, 1.807) is 66.8 Å². The van der Waals surface area contributed by atoms with Crippen molar-refractivity contribution >= 4 is 29.2 Å². The molecule has 1 heterocycles. The third-order valence-corrected chi connectivity index (χ3v) is 4.73. The Bertz CT molecular complexity index is 865. The van der Waals surface area contributed by atoms with Crippen molar-refractivity contribution in [2.45, 2.75) is 18.0 Å². The summed E-state index contributed by atoms with van der Waals surface area (Å²) < 4.78 is 12.5. The van der Waals surface area contributed by atoms with Gasteiger partial charge in [0.05, 0.1) is 19.9 Å². The first-order chi connectivity index (χ1) is 13.1. The van der Waals surface area contributed by atoms with Gasteiger partial charge in [-0.15, -0.1) is 0 Å². The summed E-state index contributed by atoms with van der Waals surface area (Å²) in [6, 6.07) is 14.3.